The summed E-state index contributed by atoms with van der Waals surface area (Å²) in [5, 5.41) is 14.4. The van der Waals surface area contributed by atoms with E-state index in [-0.39, 0.29) is 6.61 Å². The minimum atomic E-state index is -0.103. The summed E-state index contributed by atoms with van der Waals surface area (Å²) in [4.78, 5) is 4.61. The second kappa shape index (κ2) is 6.68. The first-order valence-electron chi connectivity index (χ1n) is 8.60. The summed E-state index contributed by atoms with van der Waals surface area (Å²) in [7, 11) is 0. The summed E-state index contributed by atoms with van der Waals surface area (Å²) < 4.78 is 1.61. The lowest BCUT2D eigenvalue weighted by Crippen LogP contribution is -1.95. The Bertz CT molecular complexity index is 1170. The Balaban J connectivity index is 1.90. The number of nitrogens with two attached hydrogens (primary N) is 1. The van der Waals surface area contributed by atoms with Crippen LogP contribution in [0.5, 0.6) is 0 Å². The fourth-order valence-electron chi connectivity index (χ4n) is 3.31. The molecular formula is C21H19ClN4O. The highest BCUT2D eigenvalue weighted by Crippen LogP contribution is 2.34. The molecule has 0 amide bonds. The minimum Gasteiger partial charge on any atom is -0.398 e. The van der Waals surface area contributed by atoms with Gasteiger partial charge in [-0.3, -0.25) is 0 Å². The predicted octanol–water partition coefficient (Wildman–Crippen LogP) is 4.41. The van der Waals surface area contributed by atoms with E-state index < -0.39 is 0 Å². The average molecular weight is 379 g/mol. The van der Waals surface area contributed by atoms with Crippen molar-refractivity contribution in [1.29, 1.82) is 0 Å². The normalized spacial score (nSPS) is 11.3. The lowest BCUT2D eigenvalue weighted by Gasteiger charge is -2.13. The maximum absolute atomic E-state index is 9.37. The van der Waals surface area contributed by atoms with Crippen LogP contribution in [0, 0.1) is 13.8 Å². The molecule has 0 saturated carbocycles. The summed E-state index contributed by atoms with van der Waals surface area (Å²) in [6.45, 7) is 3.98. The number of aromatic nitrogens is 3. The molecule has 6 heteroatoms. The third kappa shape index (κ3) is 2.95. The molecule has 0 fully saturated rings. The molecule has 0 spiro atoms. The first kappa shape index (κ1) is 17.5. The Morgan fingerprint density at radius 2 is 1.70 bits per heavy atom. The third-order valence-corrected chi connectivity index (χ3v) is 5.15. The lowest BCUT2D eigenvalue weighted by molar-refractivity contribution is 0.281. The van der Waals surface area contributed by atoms with Crippen molar-refractivity contribution in [3.8, 4) is 22.5 Å². The predicted molar refractivity (Wildman–Crippen MR) is 109 cm³/mol. The Hall–Kier alpha value is -2.89. The largest absolute Gasteiger partial charge is 0.398 e. The third-order valence-electron chi connectivity index (χ3n) is 4.87. The smallest absolute Gasteiger partial charge is 0.182 e. The van der Waals surface area contributed by atoms with Crippen molar-refractivity contribution in [3.05, 3.63) is 70.4 Å². The van der Waals surface area contributed by atoms with E-state index in [9.17, 15) is 5.11 Å². The number of nitrogen functional groups attached to an aromatic ring is 1. The van der Waals surface area contributed by atoms with Crippen molar-refractivity contribution in [2.24, 2.45) is 0 Å². The number of benzene rings is 2. The van der Waals surface area contributed by atoms with Crippen LogP contribution in [0.2, 0.25) is 5.02 Å². The topological polar surface area (TPSA) is 76.4 Å². The van der Waals surface area contributed by atoms with Gasteiger partial charge in [-0.15, -0.1) is 5.10 Å². The molecule has 0 radical (unpaired) electrons. The molecule has 2 aromatic heterocycles. The number of aliphatic hydroxyl groups excluding tert-OH is 1. The van der Waals surface area contributed by atoms with Crippen molar-refractivity contribution in [2.75, 3.05) is 5.73 Å². The van der Waals surface area contributed by atoms with Crippen molar-refractivity contribution in [1.82, 2.24) is 14.6 Å². The van der Waals surface area contributed by atoms with Crippen LogP contribution in [0.15, 0.2) is 48.7 Å². The summed E-state index contributed by atoms with van der Waals surface area (Å²) in [5.74, 6) is 0.591. The molecule has 0 unspecified atom stereocenters. The molecule has 2 heterocycles. The van der Waals surface area contributed by atoms with Gasteiger partial charge < -0.3 is 10.8 Å². The van der Waals surface area contributed by atoms with Crippen LogP contribution >= 0.6 is 11.6 Å². The summed E-state index contributed by atoms with van der Waals surface area (Å²) >= 11 is 6.30. The van der Waals surface area contributed by atoms with E-state index in [1.54, 1.807) is 16.8 Å². The van der Waals surface area contributed by atoms with Gasteiger partial charge >= 0.3 is 0 Å². The number of hydrogen-bond donors (Lipinski definition) is 2. The highest BCUT2D eigenvalue weighted by molar-refractivity contribution is 6.33. The van der Waals surface area contributed by atoms with E-state index in [1.807, 2.05) is 31.2 Å². The molecule has 0 bridgehead atoms. The van der Waals surface area contributed by atoms with Crippen molar-refractivity contribution >= 4 is 22.9 Å². The Labute approximate surface area is 162 Å². The summed E-state index contributed by atoms with van der Waals surface area (Å²) in [6.07, 6.45) is 1.74. The van der Waals surface area contributed by atoms with E-state index in [4.69, 9.17) is 17.3 Å². The van der Waals surface area contributed by atoms with Gasteiger partial charge in [-0.25, -0.2) is 9.50 Å². The number of hydrogen-bond acceptors (Lipinski definition) is 4. The minimum absolute atomic E-state index is 0.103. The van der Waals surface area contributed by atoms with Gasteiger partial charge in [0.2, 0.25) is 0 Å². The highest BCUT2D eigenvalue weighted by atomic mass is 35.5. The highest BCUT2D eigenvalue weighted by Gasteiger charge is 2.15. The number of fused-ring (bicyclic) bond motifs is 1. The molecule has 2 aromatic carbocycles. The van der Waals surface area contributed by atoms with Gasteiger partial charge in [-0.05, 0) is 53.8 Å². The molecule has 0 aliphatic rings. The zero-order valence-electron chi connectivity index (χ0n) is 15.1. The molecule has 0 aliphatic heterocycles. The molecule has 4 aromatic rings. The van der Waals surface area contributed by atoms with Crippen LogP contribution in [0.25, 0.3) is 28.2 Å². The number of aliphatic hydroxyl groups is 1. The van der Waals surface area contributed by atoms with E-state index in [0.717, 1.165) is 33.5 Å². The number of rotatable bonds is 3. The molecule has 4 rings (SSSR count). The fourth-order valence-corrected chi connectivity index (χ4v) is 3.58. The van der Waals surface area contributed by atoms with Crippen LogP contribution in [-0.2, 0) is 6.61 Å². The van der Waals surface area contributed by atoms with Crippen LogP contribution in [-0.4, -0.2) is 19.7 Å². The van der Waals surface area contributed by atoms with E-state index in [2.05, 4.69) is 29.1 Å². The zero-order chi connectivity index (χ0) is 19.1. The van der Waals surface area contributed by atoms with Crippen LogP contribution < -0.4 is 5.73 Å². The molecule has 136 valence electrons. The number of pyridine rings is 1. The van der Waals surface area contributed by atoms with Gasteiger partial charge in [-0.1, -0.05) is 41.9 Å². The van der Waals surface area contributed by atoms with Gasteiger partial charge in [-0.2, -0.15) is 0 Å². The molecular weight excluding hydrogens is 360 g/mol. The second-order valence-electron chi connectivity index (χ2n) is 6.56. The van der Waals surface area contributed by atoms with Crippen LogP contribution in [0.3, 0.4) is 0 Å². The van der Waals surface area contributed by atoms with Crippen molar-refractivity contribution < 1.29 is 5.11 Å². The van der Waals surface area contributed by atoms with Gasteiger partial charge in [0.15, 0.2) is 11.5 Å². The molecule has 0 atom stereocenters. The van der Waals surface area contributed by atoms with E-state index in [1.165, 1.54) is 0 Å². The van der Waals surface area contributed by atoms with Gasteiger partial charge in [0.1, 0.15) is 0 Å². The molecule has 0 saturated heterocycles. The van der Waals surface area contributed by atoms with E-state index >= 15 is 0 Å². The molecule has 5 nitrogen and oxygen atoms in total. The average Bonchev–Trinajstić information content (AvgIpc) is 3.09. The first-order valence-corrected chi connectivity index (χ1v) is 8.98. The summed E-state index contributed by atoms with van der Waals surface area (Å²) in [5.41, 5.74) is 13.4. The number of anilines is 1. The SMILES string of the molecule is Cc1c(N)cccc1-c1cccc(-c2nc3c(Cl)cc(CO)cn3n2)c1C. The number of halogens is 1. The standard InChI is InChI=1S/C21H19ClN4O/c1-12-15(16-6-4-8-19(23)13(16)2)5-3-7-17(12)20-24-21-18(22)9-14(11-27)10-26(21)25-20/h3-10,27H,11,23H2,1-2H3. The quantitative estimate of drug-likeness (QED) is 0.518. The van der Waals surface area contributed by atoms with Gasteiger partial charge in [0.25, 0.3) is 0 Å². The Morgan fingerprint density at radius 3 is 2.44 bits per heavy atom. The monoisotopic (exact) mass is 378 g/mol. The van der Waals surface area contributed by atoms with Crippen LogP contribution in [0.4, 0.5) is 5.69 Å². The summed E-state index contributed by atoms with van der Waals surface area (Å²) in [6, 6.07) is 13.7. The van der Waals surface area contributed by atoms with Crippen LogP contribution in [0.1, 0.15) is 16.7 Å². The maximum Gasteiger partial charge on any atom is 0.182 e. The number of nitrogens with zero attached hydrogens (tertiary/aromatic N) is 3. The maximum atomic E-state index is 9.37. The van der Waals surface area contributed by atoms with Crippen molar-refractivity contribution in [2.45, 2.75) is 20.5 Å². The Morgan fingerprint density at radius 1 is 1.04 bits per heavy atom. The molecule has 3 N–H and O–H groups in total. The van der Waals surface area contributed by atoms with E-state index in [0.29, 0.717) is 22.1 Å². The van der Waals surface area contributed by atoms with Gasteiger partial charge in [0, 0.05) is 17.4 Å². The Kier molecular flexibility index (Phi) is 4.34. The fraction of sp³-hybridized carbons (Fsp3) is 0.143. The van der Waals surface area contributed by atoms with Crippen molar-refractivity contribution in [3.63, 3.8) is 0 Å². The second-order valence-corrected chi connectivity index (χ2v) is 6.96. The molecule has 0 aliphatic carbocycles. The van der Waals surface area contributed by atoms with Gasteiger partial charge in [0.05, 0.1) is 11.6 Å². The molecule has 27 heavy (non-hydrogen) atoms. The zero-order valence-corrected chi connectivity index (χ0v) is 15.8. The lowest BCUT2D eigenvalue weighted by atomic mass is 9.93. The first-order chi connectivity index (χ1) is 13.0.